The summed E-state index contributed by atoms with van der Waals surface area (Å²) in [6, 6.07) is 1.67. The Hall–Kier alpha value is -1.33. The molecule has 1 aliphatic heterocycles. The van der Waals surface area contributed by atoms with Gasteiger partial charge in [-0.25, -0.2) is 4.98 Å². The molecule has 5 nitrogen and oxygen atoms in total. The molecular weight excluding hydrogens is 240 g/mol. The highest BCUT2D eigenvalue weighted by Crippen LogP contribution is 2.16. The van der Waals surface area contributed by atoms with Crippen molar-refractivity contribution in [3.63, 3.8) is 0 Å². The third-order valence-electron chi connectivity index (χ3n) is 2.87. The average Bonchev–Trinajstić information content (AvgIpc) is 2.67. The first-order chi connectivity index (χ1) is 8.06. The van der Waals surface area contributed by atoms with Crippen LogP contribution >= 0.6 is 11.6 Å². The van der Waals surface area contributed by atoms with Crippen molar-refractivity contribution in [2.75, 3.05) is 25.9 Å². The summed E-state index contributed by atoms with van der Waals surface area (Å²) in [6.45, 7) is 1.86. The number of aromatic nitrogens is 1. The molecule has 0 spiro atoms. The molecule has 1 aromatic rings. The number of carbonyl (C=O) groups is 1. The van der Waals surface area contributed by atoms with Crippen molar-refractivity contribution in [1.29, 1.82) is 0 Å². The van der Waals surface area contributed by atoms with E-state index < -0.39 is 0 Å². The van der Waals surface area contributed by atoms with Crippen LogP contribution in [0.3, 0.4) is 0 Å². The largest absolute Gasteiger partial charge is 0.397 e. The lowest BCUT2D eigenvalue weighted by Gasteiger charge is -2.13. The molecular formula is C11H15ClN4O. The molecule has 1 aromatic heterocycles. The minimum Gasteiger partial charge on any atom is -0.397 e. The van der Waals surface area contributed by atoms with Crippen molar-refractivity contribution in [1.82, 2.24) is 15.2 Å². The van der Waals surface area contributed by atoms with E-state index in [1.807, 2.05) is 7.05 Å². The molecule has 1 fully saturated rings. The molecule has 92 valence electrons. The lowest BCUT2D eigenvalue weighted by Crippen LogP contribution is -2.36. The molecule has 0 saturated carbocycles. The van der Waals surface area contributed by atoms with Gasteiger partial charge in [0.2, 0.25) is 0 Å². The average molecular weight is 255 g/mol. The molecule has 0 aromatic carbocycles. The third kappa shape index (κ3) is 2.87. The van der Waals surface area contributed by atoms with E-state index in [9.17, 15) is 4.79 Å². The molecule has 0 bridgehead atoms. The molecule has 6 heteroatoms. The van der Waals surface area contributed by atoms with Crippen LogP contribution in [0.1, 0.15) is 16.8 Å². The summed E-state index contributed by atoms with van der Waals surface area (Å²) >= 11 is 5.75. The van der Waals surface area contributed by atoms with Gasteiger partial charge in [-0.15, -0.1) is 0 Å². The van der Waals surface area contributed by atoms with Gasteiger partial charge in [0.05, 0.1) is 17.4 Å². The molecule has 2 heterocycles. The van der Waals surface area contributed by atoms with Gasteiger partial charge in [-0.1, -0.05) is 11.6 Å². The number of amides is 1. The summed E-state index contributed by atoms with van der Waals surface area (Å²) in [5, 5.41) is 3.22. The van der Waals surface area contributed by atoms with E-state index in [0.29, 0.717) is 11.3 Å². The fourth-order valence-electron chi connectivity index (χ4n) is 1.95. The van der Waals surface area contributed by atoms with Crippen LogP contribution in [0.2, 0.25) is 5.15 Å². The van der Waals surface area contributed by atoms with Crippen molar-refractivity contribution in [3.05, 3.63) is 23.0 Å². The lowest BCUT2D eigenvalue weighted by atomic mass is 10.2. The number of rotatable bonds is 2. The topological polar surface area (TPSA) is 71.2 Å². The number of nitrogen functional groups attached to an aromatic ring is 1. The molecule has 2 rings (SSSR count). The van der Waals surface area contributed by atoms with E-state index in [0.717, 1.165) is 19.5 Å². The van der Waals surface area contributed by atoms with Crippen molar-refractivity contribution < 1.29 is 4.79 Å². The maximum Gasteiger partial charge on any atom is 0.253 e. The van der Waals surface area contributed by atoms with E-state index in [-0.39, 0.29) is 17.1 Å². The molecule has 3 N–H and O–H groups in total. The Balaban J connectivity index is 2.06. The minimum atomic E-state index is -0.188. The summed E-state index contributed by atoms with van der Waals surface area (Å²) < 4.78 is 0. The monoisotopic (exact) mass is 254 g/mol. The van der Waals surface area contributed by atoms with E-state index in [1.54, 1.807) is 0 Å². The van der Waals surface area contributed by atoms with Gasteiger partial charge in [0.15, 0.2) is 0 Å². The van der Waals surface area contributed by atoms with E-state index in [2.05, 4.69) is 15.2 Å². The van der Waals surface area contributed by atoms with Gasteiger partial charge in [0.25, 0.3) is 5.91 Å². The van der Waals surface area contributed by atoms with Crippen LogP contribution in [0.25, 0.3) is 0 Å². The van der Waals surface area contributed by atoms with Gasteiger partial charge < -0.3 is 16.0 Å². The SMILES string of the molecule is CN1CCC(NC(=O)c2cc(Cl)ncc2N)C1. The number of nitrogens with two attached hydrogens (primary N) is 1. The Morgan fingerprint density at radius 2 is 2.47 bits per heavy atom. The van der Waals surface area contributed by atoms with E-state index >= 15 is 0 Å². The van der Waals surface area contributed by atoms with Gasteiger partial charge in [0.1, 0.15) is 5.15 Å². The predicted molar refractivity (Wildman–Crippen MR) is 67.0 cm³/mol. The van der Waals surface area contributed by atoms with Crippen LogP contribution in [-0.2, 0) is 0 Å². The molecule has 0 aliphatic carbocycles. The van der Waals surface area contributed by atoms with Crippen molar-refractivity contribution in [2.24, 2.45) is 0 Å². The van der Waals surface area contributed by atoms with Gasteiger partial charge in [-0.3, -0.25) is 4.79 Å². The number of pyridine rings is 1. The highest BCUT2D eigenvalue weighted by Gasteiger charge is 2.22. The first-order valence-electron chi connectivity index (χ1n) is 5.46. The summed E-state index contributed by atoms with van der Waals surface area (Å²) in [6.07, 6.45) is 2.36. The normalized spacial score (nSPS) is 20.5. The number of likely N-dealkylation sites (tertiary alicyclic amines) is 1. The molecule has 1 saturated heterocycles. The maximum absolute atomic E-state index is 12.0. The molecule has 0 radical (unpaired) electrons. The highest BCUT2D eigenvalue weighted by molar-refractivity contribution is 6.29. The van der Waals surface area contributed by atoms with Gasteiger partial charge in [0, 0.05) is 12.6 Å². The Morgan fingerprint density at radius 1 is 1.71 bits per heavy atom. The fraction of sp³-hybridized carbons (Fsp3) is 0.455. The zero-order valence-corrected chi connectivity index (χ0v) is 10.4. The highest BCUT2D eigenvalue weighted by atomic mass is 35.5. The number of halogens is 1. The van der Waals surface area contributed by atoms with Gasteiger partial charge in [-0.05, 0) is 26.1 Å². The summed E-state index contributed by atoms with van der Waals surface area (Å²) in [5.74, 6) is -0.188. The Labute approximate surface area is 105 Å². The van der Waals surface area contributed by atoms with Crippen LogP contribution < -0.4 is 11.1 Å². The first-order valence-corrected chi connectivity index (χ1v) is 5.84. The van der Waals surface area contributed by atoms with E-state index in [1.165, 1.54) is 12.3 Å². The van der Waals surface area contributed by atoms with Crippen LogP contribution in [0, 0.1) is 0 Å². The number of nitrogens with zero attached hydrogens (tertiary/aromatic N) is 2. The second-order valence-corrected chi connectivity index (χ2v) is 4.70. The van der Waals surface area contributed by atoms with Crippen LogP contribution in [0.5, 0.6) is 0 Å². The Morgan fingerprint density at radius 3 is 3.12 bits per heavy atom. The quantitative estimate of drug-likeness (QED) is 0.764. The minimum absolute atomic E-state index is 0.179. The van der Waals surface area contributed by atoms with Gasteiger partial charge >= 0.3 is 0 Å². The molecule has 1 unspecified atom stereocenters. The molecule has 1 amide bonds. The van der Waals surface area contributed by atoms with Gasteiger partial charge in [-0.2, -0.15) is 0 Å². The first kappa shape index (κ1) is 12.1. The summed E-state index contributed by atoms with van der Waals surface area (Å²) in [4.78, 5) is 18.0. The van der Waals surface area contributed by atoms with Crippen LogP contribution in [-0.4, -0.2) is 42.0 Å². The zero-order chi connectivity index (χ0) is 12.4. The van der Waals surface area contributed by atoms with Crippen LogP contribution in [0.4, 0.5) is 5.69 Å². The Bertz CT molecular complexity index is 437. The van der Waals surface area contributed by atoms with Crippen molar-refractivity contribution in [3.8, 4) is 0 Å². The number of hydrogen-bond acceptors (Lipinski definition) is 4. The number of anilines is 1. The summed E-state index contributed by atoms with van der Waals surface area (Å²) in [5.41, 5.74) is 6.43. The summed E-state index contributed by atoms with van der Waals surface area (Å²) in [7, 11) is 2.03. The zero-order valence-electron chi connectivity index (χ0n) is 9.61. The lowest BCUT2D eigenvalue weighted by molar-refractivity contribution is 0.0939. The van der Waals surface area contributed by atoms with Crippen molar-refractivity contribution >= 4 is 23.2 Å². The Kier molecular flexibility index (Phi) is 3.49. The smallest absolute Gasteiger partial charge is 0.253 e. The number of nitrogens with one attached hydrogen (secondary N) is 1. The standard InChI is InChI=1S/C11H15ClN4O/c1-16-3-2-7(6-16)15-11(17)8-4-10(12)14-5-9(8)13/h4-5,7H,2-3,6,13H2,1H3,(H,15,17). The maximum atomic E-state index is 12.0. The second kappa shape index (κ2) is 4.89. The van der Waals surface area contributed by atoms with Crippen molar-refractivity contribution in [2.45, 2.75) is 12.5 Å². The number of carbonyl (C=O) groups excluding carboxylic acids is 1. The fourth-order valence-corrected chi connectivity index (χ4v) is 2.11. The second-order valence-electron chi connectivity index (χ2n) is 4.32. The molecule has 1 atom stereocenters. The van der Waals surface area contributed by atoms with Crippen LogP contribution in [0.15, 0.2) is 12.3 Å². The number of hydrogen-bond donors (Lipinski definition) is 2. The molecule has 1 aliphatic rings. The van der Waals surface area contributed by atoms with E-state index in [4.69, 9.17) is 17.3 Å². The molecule has 17 heavy (non-hydrogen) atoms. The predicted octanol–water partition coefficient (Wildman–Crippen LogP) is 0.751. The third-order valence-corrected chi connectivity index (χ3v) is 3.08. The number of likely N-dealkylation sites (N-methyl/N-ethyl adjacent to an activating group) is 1.